The molecule has 0 aromatic heterocycles. The molecule has 1 aromatic rings. The van der Waals surface area contributed by atoms with Crippen molar-refractivity contribution in [3.8, 4) is 0 Å². The standard InChI is InChI=1S/C17H26N4O2/c22-11-15(8-12-4-2-1-3-5-12)20-17(23)19-14-6-7-16-13(9-14)10-18-21-16/h1-5,13-16,18,21-22H,6-11H2,(H2,19,20,23)/t13?,14?,15-,16?/m1/s1. The Morgan fingerprint density at radius 3 is 2.91 bits per heavy atom. The Hall–Kier alpha value is -1.63. The highest BCUT2D eigenvalue weighted by molar-refractivity contribution is 5.74. The lowest BCUT2D eigenvalue weighted by molar-refractivity contribution is 0.204. The predicted octanol–water partition coefficient (Wildman–Crippen LogP) is 0.534. The van der Waals surface area contributed by atoms with Gasteiger partial charge in [0.25, 0.3) is 0 Å². The summed E-state index contributed by atoms with van der Waals surface area (Å²) in [6.07, 6.45) is 3.70. The fourth-order valence-electron chi connectivity index (χ4n) is 3.60. The van der Waals surface area contributed by atoms with Crippen molar-refractivity contribution in [2.45, 2.75) is 43.8 Å². The van der Waals surface area contributed by atoms with Crippen LogP contribution in [0.3, 0.4) is 0 Å². The number of hydrazine groups is 1. The van der Waals surface area contributed by atoms with E-state index in [9.17, 15) is 9.90 Å². The maximum Gasteiger partial charge on any atom is 0.315 e. The molecule has 1 saturated heterocycles. The fraction of sp³-hybridized carbons (Fsp3) is 0.588. The number of aliphatic hydroxyl groups is 1. The molecular weight excluding hydrogens is 292 g/mol. The number of urea groups is 1. The third kappa shape index (κ3) is 4.43. The maximum atomic E-state index is 12.2. The van der Waals surface area contributed by atoms with Gasteiger partial charge in [-0.15, -0.1) is 0 Å². The van der Waals surface area contributed by atoms with E-state index in [0.717, 1.165) is 31.4 Å². The van der Waals surface area contributed by atoms with E-state index in [1.165, 1.54) is 0 Å². The topological polar surface area (TPSA) is 85.4 Å². The third-order valence-electron chi connectivity index (χ3n) is 4.85. The molecule has 2 aliphatic rings. The van der Waals surface area contributed by atoms with Crippen LogP contribution < -0.4 is 21.5 Å². The molecule has 0 radical (unpaired) electrons. The van der Waals surface area contributed by atoms with E-state index >= 15 is 0 Å². The third-order valence-corrected chi connectivity index (χ3v) is 4.85. The van der Waals surface area contributed by atoms with Gasteiger partial charge in [-0.25, -0.2) is 4.79 Å². The molecule has 2 fully saturated rings. The molecular formula is C17H26N4O2. The minimum atomic E-state index is -0.261. The van der Waals surface area contributed by atoms with Gasteiger partial charge in [0, 0.05) is 18.6 Å². The molecule has 3 rings (SSSR count). The molecule has 6 nitrogen and oxygen atoms in total. The summed E-state index contributed by atoms with van der Waals surface area (Å²) in [5.74, 6) is 0.590. The van der Waals surface area contributed by atoms with Crippen LogP contribution in [0.15, 0.2) is 30.3 Å². The maximum absolute atomic E-state index is 12.2. The van der Waals surface area contributed by atoms with Crippen molar-refractivity contribution in [1.29, 1.82) is 0 Å². The van der Waals surface area contributed by atoms with E-state index in [4.69, 9.17) is 0 Å². The first-order valence-corrected chi connectivity index (χ1v) is 8.45. The van der Waals surface area contributed by atoms with Crippen LogP contribution in [0.2, 0.25) is 0 Å². The summed E-state index contributed by atoms with van der Waals surface area (Å²) in [5, 5.41) is 15.5. The van der Waals surface area contributed by atoms with Crippen LogP contribution in [0.1, 0.15) is 24.8 Å². The zero-order chi connectivity index (χ0) is 16.1. The summed E-state index contributed by atoms with van der Waals surface area (Å²) in [4.78, 5) is 12.2. The van der Waals surface area contributed by atoms with Crippen LogP contribution in [0.4, 0.5) is 4.79 Å². The average Bonchev–Trinajstić information content (AvgIpc) is 3.02. The minimum Gasteiger partial charge on any atom is -0.394 e. The van der Waals surface area contributed by atoms with Crippen molar-refractivity contribution >= 4 is 6.03 Å². The van der Waals surface area contributed by atoms with Gasteiger partial charge in [0.1, 0.15) is 0 Å². The van der Waals surface area contributed by atoms with E-state index in [0.29, 0.717) is 18.4 Å². The van der Waals surface area contributed by atoms with E-state index in [-0.39, 0.29) is 24.7 Å². The second-order valence-electron chi connectivity index (χ2n) is 6.59. The second-order valence-corrected chi connectivity index (χ2v) is 6.59. The summed E-state index contributed by atoms with van der Waals surface area (Å²) in [6.45, 7) is 0.906. The number of hydrogen-bond donors (Lipinski definition) is 5. The molecule has 2 amide bonds. The fourth-order valence-corrected chi connectivity index (χ4v) is 3.60. The molecule has 4 atom stereocenters. The van der Waals surface area contributed by atoms with E-state index < -0.39 is 0 Å². The Morgan fingerprint density at radius 1 is 1.30 bits per heavy atom. The first-order valence-electron chi connectivity index (χ1n) is 8.45. The van der Waals surface area contributed by atoms with Gasteiger partial charge in [-0.3, -0.25) is 10.9 Å². The first kappa shape index (κ1) is 16.2. The first-order chi connectivity index (χ1) is 11.2. The van der Waals surface area contributed by atoms with Gasteiger partial charge < -0.3 is 15.7 Å². The highest BCUT2D eigenvalue weighted by Crippen LogP contribution is 2.26. The smallest absolute Gasteiger partial charge is 0.315 e. The van der Waals surface area contributed by atoms with Gasteiger partial charge in [-0.1, -0.05) is 30.3 Å². The lowest BCUT2D eigenvalue weighted by Crippen LogP contribution is -2.50. The summed E-state index contributed by atoms with van der Waals surface area (Å²) in [5.41, 5.74) is 7.59. The van der Waals surface area contributed by atoms with Crippen molar-refractivity contribution < 1.29 is 9.90 Å². The molecule has 5 N–H and O–H groups in total. The van der Waals surface area contributed by atoms with Crippen LogP contribution in [0.25, 0.3) is 0 Å². The number of amides is 2. The molecule has 3 unspecified atom stereocenters. The van der Waals surface area contributed by atoms with Crippen LogP contribution in [0, 0.1) is 5.92 Å². The summed E-state index contributed by atoms with van der Waals surface area (Å²) >= 11 is 0. The lowest BCUT2D eigenvalue weighted by Gasteiger charge is -2.31. The average molecular weight is 318 g/mol. The van der Waals surface area contributed by atoms with Crippen molar-refractivity contribution in [3.05, 3.63) is 35.9 Å². The van der Waals surface area contributed by atoms with E-state index in [1.54, 1.807) is 0 Å². The van der Waals surface area contributed by atoms with Gasteiger partial charge in [-0.05, 0) is 37.2 Å². The van der Waals surface area contributed by atoms with E-state index in [1.807, 2.05) is 30.3 Å². The van der Waals surface area contributed by atoms with E-state index in [2.05, 4.69) is 21.5 Å². The van der Waals surface area contributed by atoms with Crippen LogP contribution in [0.5, 0.6) is 0 Å². The summed E-state index contributed by atoms with van der Waals surface area (Å²) in [7, 11) is 0. The van der Waals surface area contributed by atoms with Gasteiger partial charge in [0.15, 0.2) is 0 Å². The second kappa shape index (κ2) is 7.77. The van der Waals surface area contributed by atoms with Crippen molar-refractivity contribution in [2.24, 2.45) is 5.92 Å². The van der Waals surface area contributed by atoms with Crippen LogP contribution in [-0.4, -0.2) is 42.4 Å². The Labute approximate surface area is 137 Å². The lowest BCUT2D eigenvalue weighted by atomic mass is 9.83. The molecule has 1 aromatic carbocycles. The van der Waals surface area contributed by atoms with Gasteiger partial charge >= 0.3 is 6.03 Å². The molecule has 1 aliphatic carbocycles. The highest BCUT2D eigenvalue weighted by atomic mass is 16.3. The molecule has 126 valence electrons. The van der Waals surface area contributed by atoms with Gasteiger partial charge in [0.2, 0.25) is 0 Å². The zero-order valence-corrected chi connectivity index (χ0v) is 13.3. The molecule has 1 saturated carbocycles. The molecule has 6 heteroatoms. The number of rotatable bonds is 5. The molecule has 23 heavy (non-hydrogen) atoms. The Morgan fingerprint density at radius 2 is 2.13 bits per heavy atom. The van der Waals surface area contributed by atoms with Crippen molar-refractivity contribution in [1.82, 2.24) is 21.5 Å². The molecule has 0 bridgehead atoms. The van der Waals surface area contributed by atoms with Gasteiger partial charge in [-0.2, -0.15) is 0 Å². The Balaban J connectivity index is 1.46. The number of carbonyl (C=O) groups excluding carboxylic acids is 1. The van der Waals surface area contributed by atoms with Crippen molar-refractivity contribution in [3.63, 3.8) is 0 Å². The monoisotopic (exact) mass is 318 g/mol. The SMILES string of the molecule is O=C(NC1CCC2NNCC2C1)N[C@@H](CO)Cc1ccccc1. The number of carbonyl (C=O) groups is 1. The van der Waals surface area contributed by atoms with Gasteiger partial charge in [0.05, 0.1) is 12.6 Å². The Kier molecular flexibility index (Phi) is 5.48. The molecule has 1 heterocycles. The summed E-state index contributed by atoms with van der Waals surface area (Å²) < 4.78 is 0. The highest BCUT2D eigenvalue weighted by Gasteiger charge is 2.34. The largest absolute Gasteiger partial charge is 0.394 e. The van der Waals surface area contributed by atoms with Crippen LogP contribution >= 0.6 is 0 Å². The normalized spacial score (nSPS) is 28.0. The number of benzene rings is 1. The number of fused-ring (bicyclic) bond motifs is 1. The number of hydrogen-bond acceptors (Lipinski definition) is 4. The predicted molar refractivity (Wildman–Crippen MR) is 88.7 cm³/mol. The quantitative estimate of drug-likeness (QED) is 0.548. The molecule has 0 spiro atoms. The Bertz CT molecular complexity index is 511. The number of nitrogens with one attached hydrogen (secondary N) is 4. The zero-order valence-electron chi connectivity index (χ0n) is 13.3. The molecule has 1 aliphatic heterocycles. The van der Waals surface area contributed by atoms with Crippen LogP contribution in [-0.2, 0) is 6.42 Å². The minimum absolute atomic E-state index is 0.0640. The number of aliphatic hydroxyl groups excluding tert-OH is 1. The van der Waals surface area contributed by atoms with Crippen molar-refractivity contribution in [2.75, 3.05) is 13.2 Å². The summed E-state index contributed by atoms with van der Waals surface area (Å²) in [6, 6.07) is 10.2.